The summed E-state index contributed by atoms with van der Waals surface area (Å²) in [5, 5.41) is 0.979. The van der Waals surface area contributed by atoms with Crippen LogP contribution in [0.1, 0.15) is 17.3 Å². The van der Waals surface area contributed by atoms with Gasteiger partial charge in [-0.1, -0.05) is 0 Å². The van der Waals surface area contributed by atoms with Crippen LogP contribution in [0.2, 0.25) is 0 Å². The molecular weight excluding hydrogens is 413 g/mol. The molecule has 0 saturated carbocycles. The van der Waals surface area contributed by atoms with Crippen LogP contribution in [-0.2, 0) is 4.74 Å². The van der Waals surface area contributed by atoms with Crippen LogP contribution in [0, 0.1) is 0 Å². The molecule has 0 aliphatic carbocycles. The molecule has 0 aliphatic rings. The van der Waals surface area contributed by atoms with E-state index in [1.54, 1.807) is 6.07 Å². The molecule has 0 atom stereocenters. The van der Waals surface area contributed by atoms with Gasteiger partial charge in [0.25, 0.3) is 0 Å². The Hall–Kier alpha value is -2.94. The van der Waals surface area contributed by atoms with Crippen LogP contribution in [0.5, 0.6) is 0 Å². The summed E-state index contributed by atoms with van der Waals surface area (Å²) in [6.07, 6.45) is 1.97. The van der Waals surface area contributed by atoms with Crippen molar-refractivity contribution in [3.8, 4) is 11.1 Å². The minimum absolute atomic E-state index is 0.105. The molecule has 0 unspecified atom stereocenters. The first-order chi connectivity index (χ1) is 13.8. The topological polar surface area (TPSA) is 39.2 Å². The van der Waals surface area contributed by atoms with Crippen molar-refractivity contribution in [3.05, 3.63) is 90.6 Å². The molecule has 0 amide bonds. The Kier molecular flexibility index (Phi) is 5.52. The summed E-state index contributed by atoms with van der Waals surface area (Å²) in [5.74, 6) is -0.303. The molecule has 3 nitrogen and oxygen atoms in total. The minimum atomic E-state index is -0.303. The Labute approximate surface area is 170 Å². The van der Waals surface area contributed by atoms with Crippen molar-refractivity contribution in [2.75, 3.05) is 6.61 Å². The van der Waals surface area contributed by atoms with E-state index >= 15 is 0 Å². The molecule has 0 N–H and O–H groups in total. The Morgan fingerprint density at radius 2 is 1.68 bits per heavy atom. The van der Waals surface area contributed by atoms with Gasteiger partial charge in [0.2, 0.25) is 0 Å². The summed E-state index contributed by atoms with van der Waals surface area (Å²) in [4.78, 5) is 16.9. The summed E-state index contributed by atoms with van der Waals surface area (Å²) in [5.41, 5.74) is 3.70. The SMILES string of the molecule is CCOC(=O)c1ccc2ncc([Se]c3ccccc3)c(-c3ccccc3)c2c1. The molecular formula is C24H19NO2Se. The third-order valence-corrected chi connectivity index (χ3v) is 6.55. The number of carbonyl (C=O) groups excluding carboxylic acids is 1. The molecule has 3 aromatic carbocycles. The third-order valence-electron chi connectivity index (χ3n) is 4.38. The van der Waals surface area contributed by atoms with E-state index in [2.05, 4.69) is 41.4 Å². The van der Waals surface area contributed by atoms with Crippen molar-refractivity contribution in [1.82, 2.24) is 4.98 Å². The summed E-state index contributed by atoms with van der Waals surface area (Å²) in [6, 6.07) is 26.3. The normalized spacial score (nSPS) is 10.8. The number of hydrogen-bond donors (Lipinski definition) is 0. The van der Waals surface area contributed by atoms with E-state index in [0.717, 1.165) is 22.0 Å². The van der Waals surface area contributed by atoms with Crippen LogP contribution < -0.4 is 8.92 Å². The Morgan fingerprint density at radius 3 is 2.39 bits per heavy atom. The maximum absolute atomic E-state index is 12.3. The van der Waals surface area contributed by atoms with E-state index in [9.17, 15) is 4.79 Å². The number of hydrogen-bond acceptors (Lipinski definition) is 3. The predicted octanol–water partition coefficient (Wildman–Crippen LogP) is 3.73. The fraction of sp³-hybridized carbons (Fsp3) is 0.0833. The third kappa shape index (κ3) is 3.84. The number of nitrogens with zero attached hydrogens (tertiary/aromatic N) is 1. The summed E-state index contributed by atoms with van der Waals surface area (Å²) in [7, 11) is 0. The molecule has 138 valence electrons. The van der Waals surface area contributed by atoms with Crippen molar-refractivity contribution in [2.24, 2.45) is 0 Å². The van der Waals surface area contributed by atoms with Gasteiger partial charge in [-0.05, 0) is 0 Å². The van der Waals surface area contributed by atoms with Crippen LogP contribution in [-0.4, -0.2) is 32.5 Å². The quantitative estimate of drug-likeness (QED) is 0.356. The molecule has 1 aromatic heterocycles. The number of esters is 1. The van der Waals surface area contributed by atoms with Gasteiger partial charge in [0.1, 0.15) is 0 Å². The molecule has 0 bridgehead atoms. The van der Waals surface area contributed by atoms with Crippen LogP contribution in [0.4, 0.5) is 0 Å². The molecule has 0 aliphatic heterocycles. The Morgan fingerprint density at radius 1 is 0.964 bits per heavy atom. The number of rotatable bonds is 5. The fourth-order valence-corrected chi connectivity index (χ4v) is 5.17. The average Bonchev–Trinajstić information content (AvgIpc) is 2.74. The number of ether oxygens (including phenoxy) is 1. The van der Waals surface area contributed by atoms with Crippen molar-refractivity contribution in [1.29, 1.82) is 0 Å². The van der Waals surface area contributed by atoms with Gasteiger partial charge in [-0.2, -0.15) is 0 Å². The van der Waals surface area contributed by atoms with Gasteiger partial charge >= 0.3 is 171 Å². The second-order valence-electron chi connectivity index (χ2n) is 6.23. The summed E-state index contributed by atoms with van der Waals surface area (Å²) >= 11 is 0.105. The van der Waals surface area contributed by atoms with E-state index in [1.165, 1.54) is 8.92 Å². The summed E-state index contributed by atoms with van der Waals surface area (Å²) in [6.45, 7) is 2.17. The monoisotopic (exact) mass is 433 g/mol. The molecule has 1 heterocycles. The van der Waals surface area contributed by atoms with Gasteiger partial charge < -0.3 is 0 Å². The molecule has 0 spiro atoms. The van der Waals surface area contributed by atoms with Gasteiger partial charge in [0.05, 0.1) is 0 Å². The van der Waals surface area contributed by atoms with Crippen LogP contribution in [0.15, 0.2) is 85.1 Å². The first-order valence-corrected chi connectivity index (χ1v) is 10.9. The van der Waals surface area contributed by atoms with Crippen LogP contribution in [0.3, 0.4) is 0 Å². The van der Waals surface area contributed by atoms with Gasteiger partial charge in [0, 0.05) is 0 Å². The number of benzene rings is 3. The molecule has 4 rings (SSSR count). The van der Waals surface area contributed by atoms with Crippen LogP contribution >= 0.6 is 0 Å². The van der Waals surface area contributed by atoms with Gasteiger partial charge in [-0.25, -0.2) is 0 Å². The van der Waals surface area contributed by atoms with Gasteiger partial charge in [0.15, 0.2) is 0 Å². The number of aromatic nitrogens is 1. The molecule has 4 heteroatoms. The zero-order chi connectivity index (χ0) is 19.3. The average molecular weight is 432 g/mol. The first-order valence-electron chi connectivity index (χ1n) is 9.14. The Bertz CT molecular complexity index is 1110. The van der Waals surface area contributed by atoms with E-state index in [4.69, 9.17) is 4.74 Å². The second-order valence-corrected chi connectivity index (χ2v) is 8.57. The summed E-state index contributed by atoms with van der Waals surface area (Å²) < 4.78 is 7.67. The van der Waals surface area contributed by atoms with Gasteiger partial charge in [-0.15, -0.1) is 0 Å². The van der Waals surface area contributed by atoms with Crippen LogP contribution in [0.25, 0.3) is 22.0 Å². The van der Waals surface area contributed by atoms with Crippen molar-refractivity contribution in [3.63, 3.8) is 0 Å². The first kappa shape index (κ1) is 18.4. The van der Waals surface area contributed by atoms with E-state index in [1.807, 2.05) is 49.5 Å². The molecule has 28 heavy (non-hydrogen) atoms. The van der Waals surface area contributed by atoms with E-state index < -0.39 is 0 Å². The predicted molar refractivity (Wildman–Crippen MR) is 115 cm³/mol. The number of pyridine rings is 1. The standard InChI is InChI=1S/C24H19NO2Se/c1-2-27-24(26)18-13-14-21-20(15-18)23(17-9-5-3-6-10-17)22(16-25-21)28-19-11-7-4-8-12-19/h3-16H,2H2,1H3. The zero-order valence-electron chi connectivity index (χ0n) is 15.5. The maximum atomic E-state index is 12.3. The molecule has 0 saturated heterocycles. The van der Waals surface area contributed by atoms with Crippen molar-refractivity contribution in [2.45, 2.75) is 6.92 Å². The number of fused-ring (bicyclic) bond motifs is 1. The van der Waals surface area contributed by atoms with E-state index in [0.29, 0.717) is 12.2 Å². The Balaban J connectivity index is 1.92. The number of carbonyl (C=O) groups is 1. The van der Waals surface area contributed by atoms with E-state index in [-0.39, 0.29) is 20.9 Å². The fourth-order valence-electron chi connectivity index (χ4n) is 3.11. The van der Waals surface area contributed by atoms with Gasteiger partial charge in [-0.3, -0.25) is 0 Å². The van der Waals surface area contributed by atoms with Crippen molar-refractivity contribution < 1.29 is 9.53 Å². The van der Waals surface area contributed by atoms with Crippen molar-refractivity contribution >= 4 is 40.8 Å². The zero-order valence-corrected chi connectivity index (χ0v) is 17.2. The molecule has 0 radical (unpaired) electrons. The second kappa shape index (κ2) is 8.39. The molecule has 0 fully saturated rings. The molecule has 4 aromatic rings.